The zero-order valence-electron chi connectivity index (χ0n) is 28.8. The van der Waals surface area contributed by atoms with Gasteiger partial charge in [-0.15, -0.1) is 0 Å². The van der Waals surface area contributed by atoms with Crippen LogP contribution in [0.3, 0.4) is 0 Å². The second-order valence-corrected chi connectivity index (χ2v) is 14.8. The van der Waals surface area contributed by atoms with Gasteiger partial charge in [0, 0.05) is 55.2 Å². The molecule has 0 aliphatic carbocycles. The lowest BCUT2D eigenvalue weighted by Crippen LogP contribution is -2.62. The van der Waals surface area contributed by atoms with Gasteiger partial charge in [0.15, 0.2) is 0 Å². The predicted molar refractivity (Wildman–Crippen MR) is 224 cm³/mol. The van der Waals surface area contributed by atoms with E-state index in [1.54, 1.807) is 0 Å². The summed E-state index contributed by atoms with van der Waals surface area (Å²) >= 11 is 1.88. The number of fused-ring (bicyclic) bond motifs is 6. The molecular formula is C48H32BN3S. The summed E-state index contributed by atoms with van der Waals surface area (Å²) in [5.41, 5.74) is 17.1. The Morgan fingerprint density at radius 1 is 0.434 bits per heavy atom. The Balaban J connectivity index is 1.25. The van der Waals surface area contributed by atoms with Crippen molar-refractivity contribution in [1.82, 2.24) is 0 Å². The second-order valence-electron chi connectivity index (χ2n) is 13.7. The summed E-state index contributed by atoms with van der Waals surface area (Å²) in [4.78, 5) is 10.1. The number of hydrogen-bond acceptors (Lipinski definition) is 4. The van der Waals surface area contributed by atoms with Crippen molar-refractivity contribution < 1.29 is 0 Å². The quantitative estimate of drug-likeness (QED) is 0.166. The summed E-state index contributed by atoms with van der Waals surface area (Å²) < 4.78 is 0. The highest BCUT2D eigenvalue weighted by Crippen LogP contribution is 2.56. The molecule has 0 saturated carbocycles. The molecule has 8 aromatic carbocycles. The smallest absolute Gasteiger partial charge is 0.333 e. The third kappa shape index (κ3) is 4.71. The molecule has 0 N–H and O–H groups in total. The number of nitrogens with zero attached hydrogens (tertiary/aromatic N) is 3. The minimum absolute atomic E-state index is 0.0659. The molecule has 3 aliphatic rings. The van der Waals surface area contributed by atoms with E-state index in [9.17, 15) is 0 Å². The first-order valence-electron chi connectivity index (χ1n) is 18.1. The lowest BCUT2D eigenvalue weighted by Gasteiger charge is -2.48. The lowest BCUT2D eigenvalue weighted by molar-refractivity contribution is 1.20. The monoisotopic (exact) mass is 693 g/mol. The van der Waals surface area contributed by atoms with Crippen molar-refractivity contribution in [3.05, 3.63) is 194 Å². The zero-order chi connectivity index (χ0) is 34.9. The van der Waals surface area contributed by atoms with Crippen molar-refractivity contribution in [2.45, 2.75) is 9.79 Å². The van der Waals surface area contributed by atoms with Crippen molar-refractivity contribution in [3.8, 4) is 22.3 Å². The number of anilines is 8. The zero-order valence-corrected chi connectivity index (χ0v) is 29.6. The maximum atomic E-state index is 2.64. The van der Waals surface area contributed by atoms with E-state index in [4.69, 9.17) is 0 Å². The van der Waals surface area contributed by atoms with Crippen molar-refractivity contribution in [1.29, 1.82) is 0 Å². The summed E-state index contributed by atoms with van der Waals surface area (Å²) in [5.74, 6) is 0. The minimum Gasteiger partial charge on any atom is -0.374 e. The van der Waals surface area contributed by atoms with Crippen LogP contribution in [0.4, 0.5) is 45.5 Å². The van der Waals surface area contributed by atoms with Crippen LogP contribution in [0.25, 0.3) is 22.3 Å². The van der Waals surface area contributed by atoms with Crippen LogP contribution in [0.2, 0.25) is 0 Å². The summed E-state index contributed by atoms with van der Waals surface area (Å²) in [5, 5.41) is 0. The van der Waals surface area contributed by atoms with Crippen LogP contribution < -0.4 is 25.5 Å². The maximum Gasteiger partial charge on any atom is 0.333 e. The highest BCUT2D eigenvalue weighted by Gasteiger charge is 2.47. The standard InChI is InChI=1S/C48H32BN3S/c1-5-16-33(17-6-1)34-30-40-39-24-15-27-46-48(39)52(43-25-13-14-26-45(43)53-46)49-41-32-38(50(35-18-7-2-8-19-35)36-20-9-3-10-21-36)28-29-42(41)51(44(31-34)47(40)49)37-22-11-4-12-23-37/h1-32H. The van der Waals surface area contributed by atoms with Crippen LogP contribution in [-0.4, -0.2) is 6.85 Å². The minimum atomic E-state index is -0.0659. The SMILES string of the molecule is c1ccc(-c2cc3c4c(c2)N(c2ccccc2)c2ccc(N(c5ccccc5)c5ccccc5)cc2B4N2c4ccccc4Sc4cccc-3c42)cc1. The lowest BCUT2D eigenvalue weighted by atomic mass is 9.43. The maximum absolute atomic E-state index is 2.64. The molecule has 0 fully saturated rings. The molecule has 0 amide bonds. The largest absolute Gasteiger partial charge is 0.374 e. The molecule has 3 heterocycles. The van der Waals surface area contributed by atoms with Gasteiger partial charge in [-0.25, -0.2) is 0 Å². The van der Waals surface area contributed by atoms with Crippen LogP contribution in [0, 0.1) is 0 Å². The van der Waals surface area contributed by atoms with Crippen molar-refractivity contribution in [2.75, 3.05) is 14.6 Å². The molecule has 0 atom stereocenters. The van der Waals surface area contributed by atoms with E-state index in [2.05, 4.69) is 209 Å². The van der Waals surface area contributed by atoms with Crippen molar-refractivity contribution >= 4 is 75.0 Å². The molecule has 0 saturated heterocycles. The van der Waals surface area contributed by atoms with Gasteiger partial charge in [0.25, 0.3) is 0 Å². The molecule has 3 aliphatic heterocycles. The predicted octanol–water partition coefficient (Wildman–Crippen LogP) is 12.0. The molecular weight excluding hydrogens is 661 g/mol. The number of hydrogen-bond donors (Lipinski definition) is 0. The van der Waals surface area contributed by atoms with Gasteiger partial charge in [0.2, 0.25) is 0 Å². The molecule has 0 unspecified atom stereocenters. The summed E-state index contributed by atoms with van der Waals surface area (Å²) in [6.45, 7) is -0.0659. The van der Waals surface area contributed by atoms with E-state index in [1.807, 2.05) is 11.8 Å². The average molecular weight is 694 g/mol. The molecule has 3 nitrogen and oxygen atoms in total. The Kier molecular flexibility index (Phi) is 6.89. The van der Waals surface area contributed by atoms with E-state index in [-0.39, 0.29) is 6.85 Å². The number of rotatable bonds is 5. The fourth-order valence-electron chi connectivity index (χ4n) is 8.56. The molecule has 0 spiro atoms. The Morgan fingerprint density at radius 3 is 1.81 bits per heavy atom. The summed E-state index contributed by atoms with van der Waals surface area (Å²) in [6.07, 6.45) is 0. The first-order chi connectivity index (χ1) is 26.3. The molecule has 5 heteroatoms. The van der Waals surface area contributed by atoms with E-state index >= 15 is 0 Å². The Bertz CT molecular complexity index is 2630. The van der Waals surface area contributed by atoms with Gasteiger partial charge < -0.3 is 14.6 Å². The molecule has 0 bridgehead atoms. The Morgan fingerprint density at radius 2 is 1.08 bits per heavy atom. The van der Waals surface area contributed by atoms with Gasteiger partial charge in [-0.05, 0) is 113 Å². The van der Waals surface area contributed by atoms with Gasteiger partial charge in [0.1, 0.15) is 0 Å². The first-order valence-corrected chi connectivity index (χ1v) is 19.0. The molecule has 0 radical (unpaired) electrons. The van der Waals surface area contributed by atoms with Gasteiger partial charge >= 0.3 is 6.85 Å². The molecule has 8 aromatic rings. The molecule has 248 valence electrons. The highest BCUT2D eigenvalue weighted by molar-refractivity contribution is 7.99. The van der Waals surface area contributed by atoms with Crippen LogP contribution in [0.15, 0.2) is 204 Å². The first kappa shape index (κ1) is 30.2. The van der Waals surface area contributed by atoms with Crippen molar-refractivity contribution in [3.63, 3.8) is 0 Å². The number of para-hydroxylation sites is 5. The highest BCUT2D eigenvalue weighted by atomic mass is 32.2. The van der Waals surface area contributed by atoms with Gasteiger partial charge in [-0.1, -0.05) is 121 Å². The van der Waals surface area contributed by atoms with Gasteiger partial charge in [-0.2, -0.15) is 0 Å². The molecule has 0 aromatic heterocycles. The van der Waals surface area contributed by atoms with E-state index < -0.39 is 0 Å². The van der Waals surface area contributed by atoms with Crippen LogP contribution >= 0.6 is 11.8 Å². The topological polar surface area (TPSA) is 9.72 Å². The van der Waals surface area contributed by atoms with Crippen LogP contribution in [0.5, 0.6) is 0 Å². The van der Waals surface area contributed by atoms with Crippen LogP contribution in [-0.2, 0) is 0 Å². The fourth-order valence-corrected chi connectivity index (χ4v) is 9.67. The Hall–Kier alpha value is -6.43. The summed E-state index contributed by atoms with van der Waals surface area (Å²) in [6, 6.07) is 70.9. The van der Waals surface area contributed by atoms with Gasteiger partial charge in [0.05, 0.1) is 5.69 Å². The number of benzene rings is 8. The van der Waals surface area contributed by atoms with Crippen LogP contribution in [0.1, 0.15) is 0 Å². The fraction of sp³-hybridized carbons (Fsp3) is 0. The second kappa shape index (κ2) is 12.1. The van der Waals surface area contributed by atoms with E-state index in [0.717, 1.165) is 22.7 Å². The molecule has 53 heavy (non-hydrogen) atoms. The molecule has 11 rings (SSSR count). The summed E-state index contributed by atoms with van der Waals surface area (Å²) in [7, 11) is 0. The Labute approximate surface area is 314 Å². The van der Waals surface area contributed by atoms with Gasteiger partial charge in [-0.3, -0.25) is 0 Å². The normalized spacial score (nSPS) is 13.1. The van der Waals surface area contributed by atoms with E-state index in [0.29, 0.717) is 0 Å². The van der Waals surface area contributed by atoms with Crippen molar-refractivity contribution in [2.24, 2.45) is 0 Å². The average Bonchev–Trinajstić information content (AvgIpc) is 3.23. The van der Waals surface area contributed by atoms with E-state index in [1.165, 1.54) is 65.7 Å². The third-order valence-electron chi connectivity index (χ3n) is 10.8. The third-order valence-corrected chi connectivity index (χ3v) is 11.9.